The van der Waals surface area contributed by atoms with Gasteiger partial charge < -0.3 is 55.7 Å². The number of ketones is 4. The Labute approximate surface area is 608 Å². The molecule has 4 saturated carbocycles. The second-order valence-corrected chi connectivity index (χ2v) is 27.7. The minimum atomic E-state index is -0.988. The van der Waals surface area contributed by atoms with E-state index >= 15 is 0 Å². The van der Waals surface area contributed by atoms with Gasteiger partial charge in [-0.05, 0) is 158 Å². The van der Waals surface area contributed by atoms with Gasteiger partial charge >= 0.3 is 34.5 Å². The number of hydrogen-bond acceptors (Lipinski definition) is 22. The SMILES string of the molecule is C.O=C1CC=C(c2ccc3[nH]c(=O)oc3c2)CC1.O=C1CCC(O)(c2ccc3[nH]c(=O)oc3c2)CC1.O=C1CCC(c2ccc3[nH]c(=O)oc3c2)CC1.O=C1CCC2(CC1)OCCO2.O=c1[nH]c2ccc(Br)cc2o1.O=c1[nH]c2ccc(C3(O)CCC4(CC3)OCCO4)cc2o1.O=c1[nH]c2ccccc2o1. The first-order chi connectivity index (χ1) is 50.5. The van der Waals surface area contributed by atoms with E-state index in [1.807, 2.05) is 66.7 Å². The van der Waals surface area contributed by atoms with Crippen LogP contribution >= 0.6 is 15.9 Å². The van der Waals surface area contributed by atoms with Crippen LogP contribution in [0.15, 0.2) is 181 Å². The zero-order valence-corrected chi connectivity index (χ0v) is 58.4. The molecule has 29 heteroatoms. The molecular weight excluding hydrogens is 1440 g/mol. The van der Waals surface area contributed by atoms with Gasteiger partial charge in [-0.25, -0.2) is 28.8 Å². The molecule has 0 bridgehead atoms. The number of oxazole rings is 6. The third kappa shape index (κ3) is 18.3. The second-order valence-electron chi connectivity index (χ2n) is 26.8. The molecule has 0 radical (unpaired) electrons. The van der Waals surface area contributed by atoms with E-state index in [0.29, 0.717) is 189 Å². The minimum absolute atomic E-state index is 0. The molecule has 6 aromatic carbocycles. The lowest BCUT2D eigenvalue weighted by Crippen LogP contribution is -2.42. The molecule has 0 amide bonds. The molecule has 556 valence electrons. The molecule has 19 rings (SSSR count). The summed E-state index contributed by atoms with van der Waals surface area (Å²) in [5.74, 6) is -1.96. The first-order valence-electron chi connectivity index (χ1n) is 34.7. The number of nitrogens with one attached hydrogen (secondary N) is 6. The van der Waals surface area contributed by atoms with E-state index in [-0.39, 0.29) is 24.8 Å². The standard InChI is InChI=1S/C15H17NO5.C13H13NO4.C13H13NO3.C13H11NO3.C8H12O3.C7H4BrNO2.C7H5NO2.CH4/c17-13-16-11-2-1-10(9-12(11)21-13)14(18)3-5-15(6-4-14)19-7-8-20-15;15-9-3-5-13(17,6-4-9)8-1-2-10-11(7-8)18-12(16)14-10;2*15-10-4-1-8(2-5-10)9-3-6-11-12(7-9)17-13(16)14-11;9-7-1-3-8(4-2-7)10-5-6-11-8;8-4-1-2-5-6(3-4)11-7(10)9-5;9-7-8-5-3-1-2-4-6(5)10-7;/h1-2,9,18H,3-8H2,(H,16,17);1-2,7,17H,3-6H2,(H,14,16);3,6-8H,1-2,4-5H2,(H,14,16);1,3,6-7H,2,4-5H2,(H,14,16);1-6H2;1-3H,(H,9,10);1-4H,(H,8,9);1H4. The van der Waals surface area contributed by atoms with Crippen molar-refractivity contribution in [2.24, 2.45) is 0 Å². The number of H-pyrrole nitrogens is 6. The summed E-state index contributed by atoms with van der Waals surface area (Å²) in [6.45, 7) is 2.63. The van der Waals surface area contributed by atoms with Gasteiger partial charge in [-0.2, -0.15) is 0 Å². The van der Waals surface area contributed by atoms with Gasteiger partial charge in [-0.15, -0.1) is 0 Å². The van der Waals surface area contributed by atoms with Crippen LogP contribution in [-0.4, -0.2) is 101 Å². The van der Waals surface area contributed by atoms with E-state index in [0.717, 1.165) is 75.4 Å². The summed E-state index contributed by atoms with van der Waals surface area (Å²) in [7, 11) is 0. The van der Waals surface area contributed by atoms with Gasteiger partial charge in [0.1, 0.15) is 23.1 Å². The number of aromatic nitrogens is 6. The molecule has 2 spiro atoms. The number of fused-ring (bicyclic) bond motifs is 6. The molecule has 7 aliphatic rings. The topological polar surface area (TPSA) is 422 Å². The molecular formula is C77H79BrN6O22. The van der Waals surface area contributed by atoms with E-state index in [1.54, 1.807) is 54.6 Å². The van der Waals surface area contributed by atoms with Crippen LogP contribution in [-0.2, 0) is 49.3 Å². The molecule has 5 aliphatic carbocycles. The van der Waals surface area contributed by atoms with Gasteiger partial charge in [0.15, 0.2) is 45.1 Å². The first-order valence-corrected chi connectivity index (χ1v) is 35.5. The summed E-state index contributed by atoms with van der Waals surface area (Å²) in [5, 5.41) is 21.5. The highest BCUT2D eigenvalue weighted by atomic mass is 79.9. The largest absolute Gasteiger partial charge is 0.417 e. The quantitative estimate of drug-likeness (QED) is 0.0811. The highest BCUT2D eigenvalue weighted by molar-refractivity contribution is 9.10. The fourth-order valence-corrected chi connectivity index (χ4v) is 14.3. The number of Topliss-reactive ketones (excluding diaryl/α,β-unsaturated/α-hetero) is 4. The lowest BCUT2D eigenvalue weighted by Gasteiger charge is -2.40. The number of ether oxygens (including phenoxy) is 4. The zero-order valence-electron chi connectivity index (χ0n) is 56.8. The molecule has 2 aliphatic heterocycles. The Kier molecular flexibility index (Phi) is 23.1. The molecule has 0 atom stereocenters. The van der Waals surface area contributed by atoms with Gasteiger partial charge in [-0.3, -0.25) is 49.1 Å². The van der Waals surface area contributed by atoms with E-state index in [4.69, 9.17) is 45.5 Å². The molecule has 8 N–H and O–H groups in total. The lowest BCUT2D eigenvalue weighted by molar-refractivity contribution is -0.204. The monoisotopic (exact) mass is 1520 g/mol. The Morgan fingerprint density at radius 2 is 0.745 bits per heavy atom. The van der Waals surface area contributed by atoms with Gasteiger partial charge in [0.2, 0.25) is 0 Å². The van der Waals surface area contributed by atoms with Crippen molar-refractivity contribution >= 4 is 111 Å². The maximum Gasteiger partial charge on any atom is 0.417 e. The van der Waals surface area contributed by atoms with Crippen LogP contribution in [0.25, 0.3) is 72.2 Å². The molecule has 2 saturated heterocycles. The number of hydrogen-bond donors (Lipinski definition) is 8. The number of allylic oxidation sites excluding steroid dienone is 2. The van der Waals surface area contributed by atoms with Crippen molar-refractivity contribution in [2.45, 2.75) is 158 Å². The second kappa shape index (κ2) is 32.5. The van der Waals surface area contributed by atoms with Crippen molar-refractivity contribution in [2.75, 3.05) is 26.4 Å². The fraction of sp³-hybridized carbons (Fsp3) is 0.377. The zero-order chi connectivity index (χ0) is 73.5. The predicted molar refractivity (Wildman–Crippen MR) is 391 cm³/mol. The normalized spacial score (nSPS) is 18.6. The number of carbonyl (C=O) groups is 4. The predicted octanol–water partition coefficient (Wildman–Crippen LogP) is 12.2. The van der Waals surface area contributed by atoms with Crippen LogP contribution in [0, 0.1) is 0 Å². The number of rotatable bonds is 4. The summed E-state index contributed by atoms with van der Waals surface area (Å²) in [6.07, 6.45) is 13.8. The average molecular weight is 1520 g/mol. The van der Waals surface area contributed by atoms with Crippen molar-refractivity contribution in [1.29, 1.82) is 0 Å². The maximum atomic E-state index is 11.2. The van der Waals surface area contributed by atoms with Crippen LogP contribution in [0.2, 0.25) is 0 Å². The van der Waals surface area contributed by atoms with Crippen molar-refractivity contribution < 1.29 is 74.8 Å². The van der Waals surface area contributed by atoms with Crippen molar-refractivity contribution in [3.63, 3.8) is 0 Å². The van der Waals surface area contributed by atoms with Crippen LogP contribution < -0.4 is 34.5 Å². The minimum Gasteiger partial charge on any atom is -0.408 e. The molecule has 12 aromatic rings. The Bertz CT molecular complexity index is 5500. The summed E-state index contributed by atoms with van der Waals surface area (Å²) in [6, 6.07) is 34.4. The lowest BCUT2D eigenvalue weighted by atomic mass is 9.77. The van der Waals surface area contributed by atoms with E-state index in [1.165, 1.54) is 0 Å². The smallest absolute Gasteiger partial charge is 0.408 e. The number of carbonyl (C=O) groups excluding carboxylic acids is 4. The van der Waals surface area contributed by atoms with E-state index in [9.17, 15) is 58.2 Å². The molecule has 6 aromatic heterocycles. The van der Waals surface area contributed by atoms with Crippen molar-refractivity contribution in [3.8, 4) is 0 Å². The van der Waals surface area contributed by atoms with Gasteiger partial charge in [0.05, 0.1) is 70.7 Å². The third-order valence-electron chi connectivity index (χ3n) is 19.8. The Balaban J connectivity index is 0.000000117. The van der Waals surface area contributed by atoms with Crippen LogP contribution in [0.5, 0.6) is 0 Å². The molecule has 0 unspecified atom stereocenters. The number of aliphatic hydroxyl groups is 2. The Morgan fingerprint density at radius 3 is 1.23 bits per heavy atom. The van der Waals surface area contributed by atoms with Crippen molar-refractivity contribution in [3.05, 3.63) is 211 Å². The van der Waals surface area contributed by atoms with Crippen LogP contribution in [0.4, 0.5) is 0 Å². The van der Waals surface area contributed by atoms with Gasteiger partial charge in [-0.1, -0.05) is 65.8 Å². The Hall–Kier alpha value is -10.4. The fourth-order valence-electron chi connectivity index (χ4n) is 13.9. The van der Waals surface area contributed by atoms with Crippen molar-refractivity contribution in [1.82, 2.24) is 29.9 Å². The highest BCUT2D eigenvalue weighted by Crippen LogP contribution is 2.46. The Morgan fingerprint density at radius 1 is 0.358 bits per heavy atom. The third-order valence-corrected chi connectivity index (χ3v) is 20.3. The average Bonchev–Trinajstić information content (AvgIpc) is 1.32. The summed E-state index contributed by atoms with van der Waals surface area (Å²) in [4.78, 5) is 125. The highest BCUT2D eigenvalue weighted by Gasteiger charge is 2.46. The summed E-state index contributed by atoms with van der Waals surface area (Å²) in [5.41, 5.74) is 10.3. The molecule has 6 fully saturated rings. The number of halogens is 1. The molecule has 106 heavy (non-hydrogen) atoms. The van der Waals surface area contributed by atoms with E-state index in [2.05, 4.69) is 45.8 Å². The number of benzene rings is 6. The molecule has 8 heterocycles. The number of para-hydroxylation sites is 2. The van der Waals surface area contributed by atoms with Crippen LogP contribution in [0.1, 0.15) is 158 Å². The maximum absolute atomic E-state index is 11.2. The molecule has 28 nitrogen and oxygen atoms in total. The number of aromatic amines is 6. The summed E-state index contributed by atoms with van der Waals surface area (Å²) >= 11 is 3.27. The van der Waals surface area contributed by atoms with E-state index < -0.39 is 51.5 Å². The van der Waals surface area contributed by atoms with Gasteiger partial charge in [0, 0.05) is 81.5 Å². The van der Waals surface area contributed by atoms with Gasteiger partial charge in [0.25, 0.3) is 0 Å². The first kappa shape index (κ1) is 75.3. The van der Waals surface area contributed by atoms with Crippen LogP contribution in [0.3, 0.4) is 0 Å². The summed E-state index contributed by atoms with van der Waals surface area (Å²) < 4.78 is 52.8.